The van der Waals surface area contributed by atoms with Crippen molar-refractivity contribution in [2.24, 2.45) is 0 Å². The summed E-state index contributed by atoms with van der Waals surface area (Å²) in [7, 11) is 3.03. The van der Waals surface area contributed by atoms with Crippen molar-refractivity contribution in [3.8, 4) is 6.07 Å². The van der Waals surface area contributed by atoms with E-state index in [2.05, 4.69) is 0 Å². The fraction of sp³-hybridized carbons (Fsp3) is 0.348. The zero-order valence-corrected chi connectivity index (χ0v) is 18.3. The predicted octanol–water partition coefficient (Wildman–Crippen LogP) is 3.44. The Morgan fingerprint density at radius 1 is 1.12 bits per heavy atom. The van der Waals surface area contributed by atoms with Crippen LogP contribution in [0.5, 0.6) is 0 Å². The second-order valence-electron chi connectivity index (χ2n) is 8.00. The van der Waals surface area contributed by atoms with Crippen LogP contribution in [0.2, 0.25) is 0 Å². The van der Waals surface area contributed by atoms with Gasteiger partial charge in [0.15, 0.2) is 0 Å². The summed E-state index contributed by atoms with van der Waals surface area (Å²) in [6, 6.07) is 7.96. The van der Waals surface area contributed by atoms with E-state index >= 15 is 0 Å². The standard InChI is InChI=1S/C23H22F4N4O2/c1-14-4-5-15(10-19(14)24)21(32)31-9-8-30(13-20(31)22(33)29(2)3)17-7-6-16(12-28)18(11-17)23(25,26)27/h4-7,10-11,20H,8-9,13H2,1-3H3. The van der Waals surface area contributed by atoms with Crippen LogP contribution in [0.15, 0.2) is 36.4 Å². The average Bonchev–Trinajstić information content (AvgIpc) is 2.78. The Hall–Kier alpha value is -3.61. The minimum atomic E-state index is -4.72. The minimum Gasteiger partial charge on any atom is -0.367 e. The van der Waals surface area contributed by atoms with Gasteiger partial charge in [0.2, 0.25) is 5.91 Å². The number of carbonyl (C=O) groups excluding carboxylic acids is 2. The topological polar surface area (TPSA) is 67.6 Å². The van der Waals surface area contributed by atoms with Gasteiger partial charge in [-0.15, -0.1) is 0 Å². The molecule has 10 heteroatoms. The van der Waals surface area contributed by atoms with E-state index in [1.54, 1.807) is 17.9 Å². The monoisotopic (exact) mass is 462 g/mol. The van der Waals surface area contributed by atoms with Gasteiger partial charge >= 0.3 is 6.18 Å². The van der Waals surface area contributed by atoms with Gasteiger partial charge in [0.25, 0.3) is 5.91 Å². The predicted molar refractivity (Wildman–Crippen MR) is 113 cm³/mol. The molecule has 0 aliphatic carbocycles. The van der Waals surface area contributed by atoms with Gasteiger partial charge in [-0.3, -0.25) is 9.59 Å². The molecule has 3 rings (SSSR count). The number of likely N-dealkylation sites (N-methyl/N-ethyl adjacent to an activating group) is 1. The molecular weight excluding hydrogens is 440 g/mol. The summed E-state index contributed by atoms with van der Waals surface area (Å²) in [5.74, 6) is -1.50. The molecule has 1 heterocycles. The minimum absolute atomic E-state index is 0.0416. The molecule has 0 bridgehead atoms. The number of carbonyl (C=O) groups is 2. The highest BCUT2D eigenvalue weighted by Gasteiger charge is 2.38. The highest BCUT2D eigenvalue weighted by atomic mass is 19.4. The summed E-state index contributed by atoms with van der Waals surface area (Å²) in [6.45, 7) is 1.70. The van der Waals surface area contributed by atoms with E-state index in [-0.39, 0.29) is 30.9 Å². The maximum absolute atomic E-state index is 14.0. The Labute approximate surface area is 188 Å². The van der Waals surface area contributed by atoms with Crippen molar-refractivity contribution in [3.05, 3.63) is 64.5 Å². The normalized spacial score (nSPS) is 16.4. The quantitative estimate of drug-likeness (QED) is 0.656. The molecule has 1 fully saturated rings. The molecule has 1 atom stereocenters. The molecule has 1 aliphatic rings. The molecule has 33 heavy (non-hydrogen) atoms. The number of nitriles is 1. The molecule has 0 spiro atoms. The molecule has 2 amide bonds. The number of hydrogen-bond donors (Lipinski definition) is 0. The number of hydrogen-bond acceptors (Lipinski definition) is 4. The van der Waals surface area contributed by atoms with Gasteiger partial charge < -0.3 is 14.7 Å². The van der Waals surface area contributed by atoms with E-state index in [9.17, 15) is 27.2 Å². The first kappa shape index (κ1) is 24.0. The van der Waals surface area contributed by atoms with Gasteiger partial charge in [-0.1, -0.05) is 6.07 Å². The molecule has 174 valence electrons. The summed E-state index contributed by atoms with van der Waals surface area (Å²) in [4.78, 5) is 30.2. The number of alkyl halides is 3. The van der Waals surface area contributed by atoms with Crippen LogP contribution in [0.25, 0.3) is 0 Å². The number of anilines is 1. The van der Waals surface area contributed by atoms with E-state index in [1.165, 1.54) is 42.1 Å². The molecule has 0 radical (unpaired) electrons. The molecule has 0 saturated carbocycles. The third-order valence-electron chi connectivity index (χ3n) is 5.58. The molecule has 1 saturated heterocycles. The summed E-state index contributed by atoms with van der Waals surface area (Å²) >= 11 is 0. The van der Waals surface area contributed by atoms with Crippen molar-refractivity contribution in [2.45, 2.75) is 19.1 Å². The highest BCUT2D eigenvalue weighted by molar-refractivity contribution is 5.98. The zero-order chi connectivity index (χ0) is 24.5. The Kier molecular flexibility index (Phi) is 6.63. The number of rotatable bonds is 3. The first-order valence-corrected chi connectivity index (χ1v) is 10.1. The lowest BCUT2D eigenvalue weighted by Crippen LogP contribution is -2.60. The van der Waals surface area contributed by atoms with E-state index in [4.69, 9.17) is 5.26 Å². The Morgan fingerprint density at radius 2 is 1.82 bits per heavy atom. The van der Waals surface area contributed by atoms with Gasteiger partial charge in [-0.2, -0.15) is 18.4 Å². The molecule has 1 unspecified atom stereocenters. The number of benzene rings is 2. The number of halogens is 4. The number of piperazine rings is 1. The van der Waals surface area contributed by atoms with Crippen LogP contribution >= 0.6 is 0 Å². The highest BCUT2D eigenvalue weighted by Crippen LogP contribution is 2.35. The molecule has 0 aromatic heterocycles. The van der Waals surface area contributed by atoms with Crippen molar-refractivity contribution >= 4 is 17.5 Å². The van der Waals surface area contributed by atoms with Gasteiger partial charge in [0.1, 0.15) is 11.9 Å². The Bertz CT molecular complexity index is 1120. The fourth-order valence-electron chi connectivity index (χ4n) is 3.72. The zero-order valence-electron chi connectivity index (χ0n) is 18.3. The second kappa shape index (κ2) is 9.10. The van der Waals surface area contributed by atoms with Gasteiger partial charge in [-0.25, -0.2) is 4.39 Å². The van der Waals surface area contributed by atoms with Crippen LogP contribution in [0.4, 0.5) is 23.2 Å². The first-order valence-electron chi connectivity index (χ1n) is 10.1. The van der Waals surface area contributed by atoms with Crippen molar-refractivity contribution in [2.75, 3.05) is 38.6 Å². The van der Waals surface area contributed by atoms with Gasteiger partial charge in [0, 0.05) is 45.0 Å². The Balaban J connectivity index is 1.94. The molecule has 2 aromatic rings. The van der Waals surface area contributed by atoms with Crippen molar-refractivity contribution < 1.29 is 27.2 Å². The van der Waals surface area contributed by atoms with Gasteiger partial charge in [0.05, 0.1) is 17.2 Å². The molecule has 6 nitrogen and oxygen atoms in total. The third-order valence-corrected chi connectivity index (χ3v) is 5.58. The number of amides is 2. The maximum atomic E-state index is 14.0. The smallest absolute Gasteiger partial charge is 0.367 e. The number of aryl methyl sites for hydroxylation is 1. The second-order valence-corrected chi connectivity index (χ2v) is 8.00. The van der Waals surface area contributed by atoms with Crippen LogP contribution in [0, 0.1) is 24.1 Å². The van der Waals surface area contributed by atoms with E-state index < -0.39 is 41.0 Å². The summed E-state index contributed by atoms with van der Waals surface area (Å²) in [5, 5.41) is 9.01. The molecule has 2 aromatic carbocycles. The van der Waals surface area contributed by atoms with Crippen LogP contribution in [-0.2, 0) is 11.0 Å². The molecule has 0 N–H and O–H groups in total. The van der Waals surface area contributed by atoms with Crippen molar-refractivity contribution in [1.29, 1.82) is 5.26 Å². The van der Waals surface area contributed by atoms with Crippen LogP contribution in [0.1, 0.15) is 27.0 Å². The lowest BCUT2D eigenvalue weighted by atomic mass is 10.0. The summed E-state index contributed by atoms with van der Waals surface area (Å²) < 4.78 is 54.2. The first-order chi connectivity index (χ1) is 15.4. The van der Waals surface area contributed by atoms with Crippen LogP contribution in [0.3, 0.4) is 0 Å². The van der Waals surface area contributed by atoms with E-state index in [1.807, 2.05) is 0 Å². The third kappa shape index (κ3) is 4.92. The maximum Gasteiger partial charge on any atom is 0.417 e. The summed E-state index contributed by atoms with van der Waals surface area (Å²) in [5.41, 5.74) is -0.917. The molecule has 1 aliphatic heterocycles. The van der Waals surface area contributed by atoms with Crippen LogP contribution in [-0.4, -0.2) is 61.4 Å². The average molecular weight is 462 g/mol. The van der Waals surface area contributed by atoms with Crippen LogP contribution < -0.4 is 4.90 Å². The molecular formula is C23H22F4N4O2. The lowest BCUT2D eigenvalue weighted by Gasteiger charge is -2.42. The SMILES string of the molecule is Cc1ccc(C(=O)N2CCN(c3ccc(C#N)c(C(F)(F)F)c3)CC2C(=O)N(C)C)cc1F. The van der Waals surface area contributed by atoms with E-state index in [0.717, 1.165) is 18.2 Å². The van der Waals surface area contributed by atoms with Crippen molar-refractivity contribution in [1.82, 2.24) is 9.80 Å². The van der Waals surface area contributed by atoms with Crippen molar-refractivity contribution in [3.63, 3.8) is 0 Å². The number of nitrogens with zero attached hydrogens (tertiary/aromatic N) is 4. The largest absolute Gasteiger partial charge is 0.417 e. The lowest BCUT2D eigenvalue weighted by molar-refractivity contribution is -0.138. The van der Waals surface area contributed by atoms with E-state index in [0.29, 0.717) is 5.56 Å². The summed E-state index contributed by atoms with van der Waals surface area (Å²) in [6.07, 6.45) is -4.72. The fourth-order valence-corrected chi connectivity index (χ4v) is 3.72. The Morgan fingerprint density at radius 3 is 2.39 bits per heavy atom. The van der Waals surface area contributed by atoms with Gasteiger partial charge in [-0.05, 0) is 42.8 Å².